The highest BCUT2D eigenvalue weighted by Crippen LogP contribution is 2.22. The molecule has 4 nitrogen and oxygen atoms in total. The lowest BCUT2D eigenvalue weighted by molar-refractivity contribution is 0.0951. The van der Waals surface area contributed by atoms with Gasteiger partial charge in [-0.25, -0.2) is 0 Å². The Kier molecular flexibility index (Phi) is 4.02. The molecule has 2 aromatic rings. The second-order valence-electron chi connectivity index (χ2n) is 6.24. The number of aromatic nitrogens is 2. The number of ketones is 1. The van der Waals surface area contributed by atoms with Crippen LogP contribution in [0.3, 0.4) is 0 Å². The van der Waals surface area contributed by atoms with Gasteiger partial charge in [0.2, 0.25) is 5.89 Å². The minimum absolute atomic E-state index is 0.00319. The Morgan fingerprint density at radius 1 is 1.25 bits per heavy atom. The van der Waals surface area contributed by atoms with Crippen molar-refractivity contribution in [3.8, 4) is 0 Å². The van der Waals surface area contributed by atoms with Crippen molar-refractivity contribution in [1.82, 2.24) is 10.1 Å². The van der Waals surface area contributed by atoms with Gasteiger partial charge in [-0.05, 0) is 12.3 Å². The van der Waals surface area contributed by atoms with E-state index in [2.05, 4.69) is 30.9 Å². The summed E-state index contributed by atoms with van der Waals surface area (Å²) in [6.45, 7) is 8.13. The molecule has 1 aromatic heterocycles. The molecule has 1 atom stereocenters. The second-order valence-corrected chi connectivity index (χ2v) is 6.24. The first-order chi connectivity index (χ1) is 9.37. The number of hydrogen-bond acceptors (Lipinski definition) is 4. The van der Waals surface area contributed by atoms with Crippen LogP contribution >= 0.6 is 0 Å². The fraction of sp³-hybridized carbons (Fsp3) is 0.438. The lowest BCUT2D eigenvalue weighted by Crippen LogP contribution is -2.12. The number of nitrogens with zero attached hydrogens (tertiary/aromatic N) is 2. The van der Waals surface area contributed by atoms with E-state index in [0.29, 0.717) is 17.3 Å². The molecule has 1 aromatic carbocycles. The summed E-state index contributed by atoms with van der Waals surface area (Å²) >= 11 is 0. The lowest BCUT2D eigenvalue weighted by Gasteiger charge is -2.14. The molecule has 0 fully saturated rings. The minimum atomic E-state index is -0.418. The highest BCUT2D eigenvalue weighted by molar-refractivity contribution is 6.00. The molecule has 0 radical (unpaired) electrons. The van der Waals surface area contributed by atoms with Gasteiger partial charge < -0.3 is 4.52 Å². The summed E-state index contributed by atoms with van der Waals surface area (Å²) in [7, 11) is 0. The number of Topliss-reactive ketones (excluding diaryl/α,β-unsaturated/α-hetero) is 1. The smallest absolute Gasteiger partial charge is 0.237 e. The van der Waals surface area contributed by atoms with Gasteiger partial charge >= 0.3 is 0 Å². The van der Waals surface area contributed by atoms with Crippen molar-refractivity contribution in [2.75, 3.05) is 0 Å². The van der Waals surface area contributed by atoms with Crippen LogP contribution in [0.4, 0.5) is 0 Å². The molecule has 0 bridgehead atoms. The molecule has 0 aliphatic heterocycles. The molecule has 0 spiro atoms. The van der Waals surface area contributed by atoms with Crippen LogP contribution < -0.4 is 0 Å². The molecule has 2 rings (SSSR count). The summed E-state index contributed by atoms with van der Waals surface area (Å²) in [5.74, 6) is 0.619. The Morgan fingerprint density at radius 3 is 2.50 bits per heavy atom. The summed E-state index contributed by atoms with van der Waals surface area (Å²) in [6, 6.07) is 9.17. The zero-order chi connectivity index (χ0) is 14.8. The van der Waals surface area contributed by atoms with Gasteiger partial charge in [0.25, 0.3) is 0 Å². The fourth-order valence-corrected chi connectivity index (χ4v) is 1.95. The van der Waals surface area contributed by atoms with Crippen LogP contribution in [0.1, 0.15) is 55.7 Å². The maximum Gasteiger partial charge on any atom is 0.237 e. The quantitative estimate of drug-likeness (QED) is 0.797. The molecule has 4 heteroatoms. The molecule has 1 unspecified atom stereocenters. The van der Waals surface area contributed by atoms with Crippen LogP contribution in [0.5, 0.6) is 0 Å². The lowest BCUT2D eigenvalue weighted by atomic mass is 9.92. The van der Waals surface area contributed by atoms with Crippen molar-refractivity contribution < 1.29 is 9.32 Å². The number of benzene rings is 1. The monoisotopic (exact) mass is 272 g/mol. The van der Waals surface area contributed by atoms with Crippen LogP contribution in [-0.2, 0) is 6.42 Å². The maximum atomic E-state index is 12.3. The summed E-state index contributed by atoms with van der Waals surface area (Å²) in [6.07, 6.45) is 0.725. The van der Waals surface area contributed by atoms with Crippen LogP contribution in [0.25, 0.3) is 0 Å². The van der Waals surface area contributed by atoms with E-state index in [1.54, 1.807) is 19.1 Å². The molecule has 0 saturated heterocycles. The van der Waals surface area contributed by atoms with E-state index in [1.807, 2.05) is 18.2 Å². The minimum Gasteiger partial charge on any atom is -0.339 e. The van der Waals surface area contributed by atoms with Crippen molar-refractivity contribution >= 4 is 5.78 Å². The third-order valence-corrected chi connectivity index (χ3v) is 2.99. The maximum absolute atomic E-state index is 12.3. The first-order valence-corrected chi connectivity index (χ1v) is 6.78. The van der Waals surface area contributed by atoms with Crippen molar-refractivity contribution in [1.29, 1.82) is 0 Å². The topological polar surface area (TPSA) is 56.0 Å². The Bertz CT molecular complexity index is 582. The van der Waals surface area contributed by atoms with E-state index in [9.17, 15) is 4.79 Å². The summed E-state index contributed by atoms with van der Waals surface area (Å²) in [4.78, 5) is 16.7. The summed E-state index contributed by atoms with van der Waals surface area (Å²) in [5, 5.41) is 3.96. The van der Waals surface area contributed by atoms with E-state index < -0.39 is 5.92 Å². The number of carbonyl (C=O) groups is 1. The van der Waals surface area contributed by atoms with Gasteiger partial charge in [-0.15, -0.1) is 0 Å². The standard InChI is InChI=1S/C16H20N2O2/c1-11(14(19)12-8-6-5-7-9-12)15-17-13(18-20-15)10-16(2,3)4/h5-9,11H,10H2,1-4H3. The van der Waals surface area contributed by atoms with Gasteiger partial charge in [-0.2, -0.15) is 4.98 Å². The van der Waals surface area contributed by atoms with Crippen molar-refractivity contribution in [3.05, 3.63) is 47.6 Å². The normalized spacial score (nSPS) is 13.2. The van der Waals surface area contributed by atoms with Crippen LogP contribution in [0, 0.1) is 5.41 Å². The number of carbonyl (C=O) groups excluding carboxylic acids is 1. The highest BCUT2D eigenvalue weighted by Gasteiger charge is 2.24. The molecule has 20 heavy (non-hydrogen) atoms. The van der Waals surface area contributed by atoms with Crippen LogP contribution in [0.2, 0.25) is 0 Å². The van der Waals surface area contributed by atoms with E-state index in [-0.39, 0.29) is 11.2 Å². The number of rotatable bonds is 4. The number of hydrogen-bond donors (Lipinski definition) is 0. The Labute approximate surface area is 119 Å². The Hall–Kier alpha value is -1.97. The SMILES string of the molecule is CC(C(=O)c1ccccc1)c1nc(CC(C)(C)C)no1. The van der Waals surface area contributed by atoms with E-state index in [0.717, 1.165) is 6.42 Å². The van der Waals surface area contributed by atoms with E-state index >= 15 is 0 Å². The summed E-state index contributed by atoms with van der Waals surface area (Å²) < 4.78 is 5.23. The third-order valence-electron chi connectivity index (χ3n) is 2.99. The van der Waals surface area contributed by atoms with Crippen molar-refractivity contribution in [2.24, 2.45) is 5.41 Å². The molecular formula is C16H20N2O2. The van der Waals surface area contributed by atoms with Gasteiger partial charge in [-0.1, -0.05) is 56.3 Å². The Balaban J connectivity index is 2.14. The third kappa shape index (κ3) is 3.53. The van der Waals surface area contributed by atoms with Gasteiger partial charge in [0.15, 0.2) is 11.6 Å². The van der Waals surface area contributed by atoms with Crippen molar-refractivity contribution in [2.45, 2.75) is 40.0 Å². The zero-order valence-corrected chi connectivity index (χ0v) is 12.4. The largest absolute Gasteiger partial charge is 0.339 e. The average Bonchev–Trinajstić information content (AvgIpc) is 2.84. The first kappa shape index (κ1) is 14.4. The average molecular weight is 272 g/mol. The molecule has 0 amide bonds. The molecule has 0 aliphatic carbocycles. The van der Waals surface area contributed by atoms with E-state index in [1.165, 1.54) is 0 Å². The predicted octanol–water partition coefficient (Wildman–Crippen LogP) is 3.64. The molecular weight excluding hydrogens is 252 g/mol. The molecule has 0 N–H and O–H groups in total. The second kappa shape index (κ2) is 5.57. The first-order valence-electron chi connectivity index (χ1n) is 6.78. The zero-order valence-electron chi connectivity index (χ0n) is 12.4. The predicted molar refractivity (Wildman–Crippen MR) is 76.6 cm³/mol. The van der Waals surface area contributed by atoms with Gasteiger partial charge in [0.05, 0.1) is 5.92 Å². The fourth-order valence-electron chi connectivity index (χ4n) is 1.95. The molecule has 0 saturated carbocycles. The highest BCUT2D eigenvalue weighted by atomic mass is 16.5. The van der Waals surface area contributed by atoms with Crippen molar-refractivity contribution in [3.63, 3.8) is 0 Å². The molecule has 1 heterocycles. The molecule has 106 valence electrons. The van der Waals surface area contributed by atoms with E-state index in [4.69, 9.17) is 4.52 Å². The van der Waals surface area contributed by atoms with Gasteiger partial charge in [-0.3, -0.25) is 4.79 Å². The Morgan fingerprint density at radius 2 is 1.90 bits per heavy atom. The van der Waals surface area contributed by atoms with Gasteiger partial charge in [0.1, 0.15) is 0 Å². The van der Waals surface area contributed by atoms with Gasteiger partial charge in [0, 0.05) is 12.0 Å². The van der Waals surface area contributed by atoms with Crippen LogP contribution in [0.15, 0.2) is 34.9 Å². The van der Waals surface area contributed by atoms with Crippen LogP contribution in [-0.4, -0.2) is 15.9 Å². The molecule has 0 aliphatic rings. The summed E-state index contributed by atoms with van der Waals surface area (Å²) in [5.41, 5.74) is 0.754.